The second kappa shape index (κ2) is 9.37. The van der Waals surface area contributed by atoms with Crippen LogP contribution in [0.3, 0.4) is 0 Å². The first-order valence-corrected chi connectivity index (χ1v) is 13.8. The molecule has 0 aliphatic rings. The summed E-state index contributed by atoms with van der Waals surface area (Å²) in [4.78, 5) is 16.2. The normalized spacial score (nSPS) is 11.7. The van der Waals surface area contributed by atoms with Crippen molar-refractivity contribution >= 4 is 24.9 Å². The Bertz CT molecular complexity index is 976. The number of carbonyl (C=O) groups is 1. The molecule has 0 unspecified atom stereocenters. The van der Waals surface area contributed by atoms with Gasteiger partial charge in [0.05, 0.1) is 18.2 Å². The number of hydrogen-bond donors (Lipinski definition) is 0. The number of benzene rings is 1. The van der Waals surface area contributed by atoms with Crippen molar-refractivity contribution in [1.82, 2.24) is 9.55 Å². The molecule has 5 nitrogen and oxygen atoms in total. The molecule has 6 heteroatoms. The summed E-state index contributed by atoms with van der Waals surface area (Å²) in [5.41, 5.74) is 3.92. The first-order valence-electron chi connectivity index (χ1n) is 10.0. The average Bonchev–Trinajstić information content (AvgIpc) is 3.12. The molecule has 0 bridgehead atoms. The van der Waals surface area contributed by atoms with Gasteiger partial charge in [0.2, 0.25) is 0 Å². The zero-order valence-electron chi connectivity index (χ0n) is 17.8. The zero-order chi connectivity index (χ0) is 20.9. The van der Waals surface area contributed by atoms with Crippen LogP contribution in [0.25, 0.3) is 10.9 Å². The lowest BCUT2D eigenvalue weighted by atomic mass is 10.0. The van der Waals surface area contributed by atoms with Crippen molar-refractivity contribution in [3.8, 4) is 0 Å². The highest BCUT2D eigenvalue weighted by atomic mass is 28.3. The molecule has 0 fully saturated rings. The first kappa shape index (κ1) is 21.3. The van der Waals surface area contributed by atoms with Crippen molar-refractivity contribution in [2.75, 3.05) is 13.7 Å². The third-order valence-corrected chi connectivity index (χ3v) is 6.78. The van der Waals surface area contributed by atoms with Crippen molar-refractivity contribution in [2.45, 2.75) is 45.3 Å². The van der Waals surface area contributed by atoms with E-state index >= 15 is 0 Å². The van der Waals surface area contributed by atoms with Crippen LogP contribution in [0.4, 0.5) is 0 Å². The standard InChI is InChI=1S/C23H30N2O3Si/c1-27-23(26)21-10-12-24-16-20(21)9-8-18-6-5-7-19-11-13-25(22(18)19)17-28-14-15-29(2,3)4/h5-7,10-13,16H,8-9,14-15,17H2,1-4H3. The maximum Gasteiger partial charge on any atom is 0.338 e. The van der Waals surface area contributed by atoms with Crippen LogP contribution in [-0.4, -0.2) is 37.3 Å². The van der Waals surface area contributed by atoms with E-state index < -0.39 is 8.07 Å². The van der Waals surface area contributed by atoms with Gasteiger partial charge in [0.1, 0.15) is 6.73 Å². The minimum atomic E-state index is -1.09. The smallest absolute Gasteiger partial charge is 0.338 e. The van der Waals surface area contributed by atoms with Gasteiger partial charge in [-0.3, -0.25) is 4.98 Å². The van der Waals surface area contributed by atoms with Crippen LogP contribution in [-0.2, 0) is 29.0 Å². The molecule has 3 rings (SSSR count). The molecule has 1 aromatic carbocycles. The summed E-state index contributed by atoms with van der Waals surface area (Å²) in [6, 6.07) is 11.4. The van der Waals surface area contributed by atoms with Gasteiger partial charge in [-0.05, 0) is 47.5 Å². The summed E-state index contributed by atoms with van der Waals surface area (Å²) in [7, 11) is 0.315. The average molecular weight is 411 g/mol. The topological polar surface area (TPSA) is 53.3 Å². The number of hydrogen-bond acceptors (Lipinski definition) is 4. The number of pyridine rings is 1. The van der Waals surface area contributed by atoms with Crippen molar-refractivity contribution < 1.29 is 14.3 Å². The van der Waals surface area contributed by atoms with E-state index in [9.17, 15) is 4.79 Å². The Morgan fingerprint density at radius 3 is 2.66 bits per heavy atom. The molecular formula is C23H30N2O3Si. The first-order chi connectivity index (χ1) is 13.9. The van der Waals surface area contributed by atoms with E-state index in [1.54, 1.807) is 18.5 Å². The van der Waals surface area contributed by atoms with E-state index in [4.69, 9.17) is 9.47 Å². The maximum absolute atomic E-state index is 12.0. The molecule has 2 aromatic heterocycles. The monoisotopic (exact) mass is 410 g/mol. The molecule has 0 aliphatic carbocycles. The summed E-state index contributed by atoms with van der Waals surface area (Å²) >= 11 is 0. The number of esters is 1. The molecule has 2 heterocycles. The molecule has 29 heavy (non-hydrogen) atoms. The van der Waals surface area contributed by atoms with Gasteiger partial charge in [0.15, 0.2) is 0 Å². The van der Waals surface area contributed by atoms with Gasteiger partial charge in [-0.15, -0.1) is 0 Å². The fourth-order valence-corrected chi connectivity index (χ4v) is 4.15. The Labute approximate surface area is 173 Å². The van der Waals surface area contributed by atoms with Crippen molar-refractivity contribution in [3.63, 3.8) is 0 Å². The third kappa shape index (κ3) is 5.55. The predicted octanol–water partition coefficient (Wildman–Crippen LogP) is 4.92. The number of ether oxygens (including phenoxy) is 2. The number of carbonyl (C=O) groups excluding carboxylic acids is 1. The SMILES string of the molecule is COC(=O)c1ccncc1CCc1cccc2ccn(COCC[Si](C)(C)C)c12. The van der Waals surface area contributed by atoms with Crippen LogP contribution in [0.1, 0.15) is 21.5 Å². The second-order valence-corrected chi connectivity index (χ2v) is 14.1. The van der Waals surface area contributed by atoms with E-state index in [1.165, 1.54) is 23.6 Å². The third-order valence-electron chi connectivity index (χ3n) is 5.07. The second-order valence-electron chi connectivity index (χ2n) is 8.51. The highest BCUT2D eigenvalue weighted by Gasteiger charge is 2.14. The zero-order valence-corrected chi connectivity index (χ0v) is 18.8. The summed E-state index contributed by atoms with van der Waals surface area (Å²) in [6.07, 6.45) is 7.00. The van der Waals surface area contributed by atoms with Gasteiger partial charge in [0.25, 0.3) is 0 Å². The Hall–Kier alpha value is -2.44. The largest absolute Gasteiger partial charge is 0.465 e. The minimum Gasteiger partial charge on any atom is -0.465 e. The highest BCUT2D eigenvalue weighted by molar-refractivity contribution is 6.76. The van der Waals surface area contributed by atoms with Gasteiger partial charge in [-0.25, -0.2) is 4.79 Å². The highest BCUT2D eigenvalue weighted by Crippen LogP contribution is 2.23. The van der Waals surface area contributed by atoms with Crippen molar-refractivity contribution in [2.24, 2.45) is 0 Å². The van der Waals surface area contributed by atoms with Crippen LogP contribution >= 0.6 is 0 Å². The molecule has 0 atom stereocenters. The van der Waals surface area contributed by atoms with Gasteiger partial charge in [0, 0.05) is 33.3 Å². The molecular weight excluding hydrogens is 380 g/mol. The molecule has 0 N–H and O–H groups in total. The van der Waals surface area contributed by atoms with Gasteiger partial charge < -0.3 is 14.0 Å². The Morgan fingerprint density at radius 1 is 1.10 bits per heavy atom. The minimum absolute atomic E-state index is 0.320. The van der Waals surface area contributed by atoms with E-state index in [-0.39, 0.29) is 5.97 Å². The Kier molecular flexibility index (Phi) is 6.87. The summed E-state index contributed by atoms with van der Waals surface area (Å²) in [6.45, 7) is 8.45. The van der Waals surface area contributed by atoms with E-state index in [0.29, 0.717) is 12.3 Å². The molecule has 0 spiro atoms. The summed E-state index contributed by atoms with van der Waals surface area (Å²) < 4.78 is 13.1. The fraction of sp³-hybridized carbons (Fsp3) is 0.391. The number of fused-ring (bicyclic) bond motifs is 1. The summed E-state index contributed by atoms with van der Waals surface area (Å²) in [5, 5.41) is 1.20. The molecule has 0 radical (unpaired) electrons. The molecule has 0 saturated heterocycles. The Morgan fingerprint density at radius 2 is 1.90 bits per heavy atom. The van der Waals surface area contributed by atoms with Crippen LogP contribution in [0.2, 0.25) is 25.7 Å². The molecule has 0 saturated carbocycles. The summed E-state index contributed by atoms with van der Waals surface area (Å²) in [5.74, 6) is -0.320. The maximum atomic E-state index is 12.0. The van der Waals surface area contributed by atoms with E-state index in [1.807, 2.05) is 0 Å². The number of aryl methyl sites for hydroxylation is 2. The Balaban J connectivity index is 1.75. The fourth-order valence-electron chi connectivity index (χ4n) is 3.40. The van der Waals surface area contributed by atoms with Crippen LogP contribution in [0.15, 0.2) is 48.9 Å². The number of nitrogens with zero attached hydrogens (tertiary/aromatic N) is 2. The van der Waals surface area contributed by atoms with Gasteiger partial charge >= 0.3 is 5.97 Å². The van der Waals surface area contributed by atoms with Crippen LogP contribution in [0, 0.1) is 0 Å². The van der Waals surface area contributed by atoms with Gasteiger partial charge in [-0.2, -0.15) is 0 Å². The lowest BCUT2D eigenvalue weighted by Crippen LogP contribution is -2.22. The number of rotatable bonds is 9. The number of methoxy groups -OCH3 is 1. The van der Waals surface area contributed by atoms with Crippen molar-refractivity contribution in [3.05, 3.63) is 65.6 Å². The molecule has 3 aromatic rings. The predicted molar refractivity (Wildman–Crippen MR) is 119 cm³/mol. The van der Waals surface area contributed by atoms with E-state index in [0.717, 1.165) is 31.1 Å². The van der Waals surface area contributed by atoms with Crippen molar-refractivity contribution in [1.29, 1.82) is 0 Å². The molecule has 0 aliphatic heterocycles. The van der Waals surface area contributed by atoms with E-state index in [2.05, 4.69) is 59.7 Å². The van der Waals surface area contributed by atoms with Crippen LogP contribution < -0.4 is 0 Å². The lowest BCUT2D eigenvalue weighted by Gasteiger charge is -2.16. The van der Waals surface area contributed by atoms with Gasteiger partial charge in [-0.1, -0.05) is 37.8 Å². The van der Waals surface area contributed by atoms with Crippen LogP contribution in [0.5, 0.6) is 0 Å². The quantitative estimate of drug-likeness (QED) is 0.285. The molecule has 154 valence electrons. The number of para-hydroxylation sites is 1. The molecule has 0 amide bonds. The lowest BCUT2D eigenvalue weighted by molar-refractivity contribution is 0.0599. The number of aromatic nitrogens is 2.